The molecule has 108 valence electrons. The number of aryl methyl sites for hydroxylation is 1. The Hall–Kier alpha value is -1.88. The highest BCUT2D eigenvalue weighted by Gasteiger charge is 2.19. The third-order valence-corrected chi connectivity index (χ3v) is 3.28. The predicted molar refractivity (Wildman–Crippen MR) is 74.6 cm³/mol. The zero-order valence-electron chi connectivity index (χ0n) is 11.3. The molecule has 0 bridgehead atoms. The third-order valence-electron chi connectivity index (χ3n) is 3.28. The maximum absolute atomic E-state index is 11.9. The summed E-state index contributed by atoms with van der Waals surface area (Å²) in [5, 5.41) is 11.5. The van der Waals surface area contributed by atoms with Gasteiger partial charge in [0.2, 0.25) is 5.91 Å². The van der Waals surface area contributed by atoms with Crippen LogP contribution in [0.2, 0.25) is 0 Å². The Kier molecular flexibility index (Phi) is 5.12. The molecule has 0 aromatic heterocycles. The van der Waals surface area contributed by atoms with Crippen LogP contribution in [0.1, 0.15) is 31.2 Å². The van der Waals surface area contributed by atoms with Crippen molar-refractivity contribution in [2.75, 3.05) is 11.9 Å². The summed E-state index contributed by atoms with van der Waals surface area (Å²) in [7, 11) is 0. The number of hydrogen-bond donors (Lipinski definition) is 2. The van der Waals surface area contributed by atoms with Crippen molar-refractivity contribution >= 4 is 17.6 Å². The fraction of sp³-hybridized carbons (Fsp3) is 0.467. The normalized spacial score (nSPS) is 17.9. The lowest BCUT2D eigenvalue weighted by molar-refractivity contribution is -0.137. The van der Waals surface area contributed by atoms with E-state index in [9.17, 15) is 9.59 Å². The zero-order valence-corrected chi connectivity index (χ0v) is 11.3. The van der Waals surface area contributed by atoms with Gasteiger partial charge in [0.05, 0.1) is 12.5 Å². The second-order valence-corrected chi connectivity index (χ2v) is 4.98. The SMILES string of the molecule is O=C(O)CCc1cccc(NC(=O)CC2CCCO2)c1. The molecular formula is C15H19NO4. The van der Waals surface area contributed by atoms with Crippen molar-refractivity contribution in [3.8, 4) is 0 Å². The average molecular weight is 277 g/mol. The van der Waals surface area contributed by atoms with E-state index in [0.29, 0.717) is 18.5 Å². The molecule has 1 aliphatic heterocycles. The first-order valence-electron chi connectivity index (χ1n) is 6.85. The van der Waals surface area contributed by atoms with Gasteiger partial charge in [-0.1, -0.05) is 12.1 Å². The lowest BCUT2D eigenvalue weighted by Crippen LogP contribution is -2.19. The van der Waals surface area contributed by atoms with Crippen LogP contribution in [-0.4, -0.2) is 29.7 Å². The van der Waals surface area contributed by atoms with Crippen LogP contribution in [0.4, 0.5) is 5.69 Å². The van der Waals surface area contributed by atoms with Crippen LogP contribution in [0.15, 0.2) is 24.3 Å². The number of carbonyl (C=O) groups is 2. The maximum atomic E-state index is 11.9. The number of amides is 1. The van der Waals surface area contributed by atoms with Crippen LogP contribution < -0.4 is 5.32 Å². The van der Waals surface area contributed by atoms with Crippen LogP contribution in [0.3, 0.4) is 0 Å². The summed E-state index contributed by atoms with van der Waals surface area (Å²) in [4.78, 5) is 22.4. The standard InChI is InChI=1S/C15H19NO4/c17-14(10-13-5-2-8-20-13)16-12-4-1-3-11(9-12)6-7-15(18)19/h1,3-4,9,13H,2,5-8,10H2,(H,16,17)(H,18,19). The number of carboxylic acids is 1. The van der Waals surface area contributed by atoms with Crippen molar-refractivity contribution in [1.82, 2.24) is 0 Å². The van der Waals surface area contributed by atoms with Gasteiger partial charge in [0.15, 0.2) is 0 Å². The maximum Gasteiger partial charge on any atom is 0.303 e. The van der Waals surface area contributed by atoms with E-state index in [2.05, 4.69) is 5.32 Å². The summed E-state index contributed by atoms with van der Waals surface area (Å²) < 4.78 is 5.42. The monoisotopic (exact) mass is 277 g/mol. The number of carbonyl (C=O) groups excluding carboxylic acids is 1. The Labute approximate surface area is 117 Å². The molecular weight excluding hydrogens is 258 g/mol. The summed E-state index contributed by atoms with van der Waals surface area (Å²) in [5.74, 6) is -0.884. The Bertz CT molecular complexity index is 481. The fourth-order valence-electron chi connectivity index (χ4n) is 2.28. The Morgan fingerprint density at radius 3 is 2.95 bits per heavy atom. The molecule has 1 atom stereocenters. The van der Waals surface area contributed by atoms with Crippen molar-refractivity contribution in [3.05, 3.63) is 29.8 Å². The van der Waals surface area contributed by atoms with Crippen LogP contribution in [0.25, 0.3) is 0 Å². The molecule has 1 saturated heterocycles. The lowest BCUT2D eigenvalue weighted by Gasteiger charge is -2.10. The van der Waals surface area contributed by atoms with Gasteiger partial charge in [0, 0.05) is 18.7 Å². The molecule has 1 fully saturated rings. The second kappa shape index (κ2) is 7.05. The summed E-state index contributed by atoms with van der Waals surface area (Å²) in [6, 6.07) is 7.30. The zero-order chi connectivity index (χ0) is 14.4. The minimum Gasteiger partial charge on any atom is -0.481 e. The van der Waals surface area contributed by atoms with Gasteiger partial charge in [-0.3, -0.25) is 9.59 Å². The molecule has 1 aromatic carbocycles. The highest BCUT2D eigenvalue weighted by Crippen LogP contribution is 2.17. The Morgan fingerprint density at radius 2 is 2.25 bits per heavy atom. The number of benzene rings is 1. The van der Waals surface area contributed by atoms with Crippen LogP contribution in [0, 0.1) is 0 Å². The highest BCUT2D eigenvalue weighted by molar-refractivity contribution is 5.91. The molecule has 1 amide bonds. The van der Waals surface area contributed by atoms with E-state index in [1.165, 1.54) is 0 Å². The molecule has 1 aliphatic rings. The molecule has 5 nitrogen and oxygen atoms in total. The van der Waals surface area contributed by atoms with Gasteiger partial charge in [0.25, 0.3) is 0 Å². The van der Waals surface area contributed by atoms with Gasteiger partial charge >= 0.3 is 5.97 Å². The molecule has 1 aromatic rings. The van der Waals surface area contributed by atoms with E-state index in [1.807, 2.05) is 18.2 Å². The molecule has 1 heterocycles. The topological polar surface area (TPSA) is 75.6 Å². The van der Waals surface area contributed by atoms with Crippen LogP contribution in [0.5, 0.6) is 0 Å². The summed E-state index contributed by atoms with van der Waals surface area (Å²) in [6.07, 6.45) is 2.91. The summed E-state index contributed by atoms with van der Waals surface area (Å²) in [6.45, 7) is 0.739. The smallest absolute Gasteiger partial charge is 0.303 e. The molecule has 2 rings (SSSR count). The van der Waals surface area contributed by atoms with E-state index in [-0.39, 0.29) is 18.4 Å². The largest absolute Gasteiger partial charge is 0.481 e. The van der Waals surface area contributed by atoms with E-state index in [0.717, 1.165) is 25.0 Å². The van der Waals surface area contributed by atoms with Crippen molar-refractivity contribution in [2.24, 2.45) is 0 Å². The number of aliphatic carboxylic acids is 1. The first-order chi connectivity index (χ1) is 9.63. The highest BCUT2D eigenvalue weighted by atomic mass is 16.5. The number of rotatable bonds is 6. The van der Waals surface area contributed by atoms with E-state index in [1.54, 1.807) is 6.07 Å². The fourth-order valence-corrected chi connectivity index (χ4v) is 2.28. The number of hydrogen-bond acceptors (Lipinski definition) is 3. The van der Waals surface area contributed by atoms with Crippen LogP contribution in [-0.2, 0) is 20.7 Å². The summed E-state index contributed by atoms with van der Waals surface area (Å²) in [5.41, 5.74) is 1.61. The van der Waals surface area contributed by atoms with E-state index < -0.39 is 5.97 Å². The summed E-state index contributed by atoms with van der Waals surface area (Å²) >= 11 is 0. The van der Waals surface area contributed by atoms with Gasteiger partial charge in [-0.2, -0.15) is 0 Å². The molecule has 2 N–H and O–H groups in total. The molecule has 0 aliphatic carbocycles. The minimum absolute atomic E-state index is 0.0326. The van der Waals surface area contributed by atoms with E-state index >= 15 is 0 Å². The molecule has 0 saturated carbocycles. The number of carboxylic acid groups (broad SMARTS) is 1. The lowest BCUT2D eigenvalue weighted by atomic mass is 10.1. The van der Waals surface area contributed by atoms with Crippen LogP contribution >= 0.6 is 0 Å². The van der Waals surface area contributed by atoms with Gasteiger partial charge in [-0.05, 0) is 37.0 Å². The molecule has 1 unspecified atom stereocenters. The quantitative estimate of drug-likeness (QED) is 0.836. The molecule has 0 spiro atoms. The first kappa shape index (κ1) is 14.5. The molecule has 0 radical (unpaired) electrons. The number of ether oxygens (including phenoxy) is 1. The van der Waals surface area contributed by atoms with Gasteiger partial charge in [0.1, 0.15) is 0 Å². The minimum atomic E-state index is -0.821. The van der Waals surface area contributed by atoms with Crippen molar-refractivity contribution in [1.29, 1.82) is 0 Å². The average Bonchev–Trinajstić information content (AvgIpc) is 2.89. The van der Waals surface area contributed by atoms with Crippen molar-refractivity contribution in [2.45, 2.75) is 38.2 Å². The first-order valence-corrected chi connectivity index (χ1v) is 6.85. The molecule has 5 heteroatoms. The molecule has 20 heavy (non-hydrogen) atoms. The number of anilines is 1. The van der Waals surface area contributed by atoms with Crippen molar-refractivity contribution < 1.29 is 19.4 Å². The van der Waals surface area contributed by atoms with Gasteiger partial charge < -0.3 is 15.2 Å². The number of nitrogens with one attached hydrogen (secondary N) is 1. The van der Waals surface area contributed by atoms with Gasteiger partial charge in [-0.25, -0.2) is 0 Å². The van der Waals surface area contributed by atoms with Crippen molar-refractivity contribution in [3.63, 3.8) is 0 Å². The Morgan fingerprint density at radius 1 is 1.40 bits per heavy atom. The predicted octanol–water partition coefficient (Wildman–Crippen LogP) is 2.21. The van der Waals surface area contributed by atoms with Gasteiger partial charge in [-0.15, -0.1) is 0 Å². The third kappa shape index (κ3) is 4.66. The second-order valence-electron chi connectivity index (χ2n) is 4.98. The Balaban J connectivity index is 1.86. The van der Waals surface area contributed by atoms with E-state index in [4.69, 9.17) is 9.84 Å².